The van der Waals surface area contributed by atoms with Gasteiger partial charge in [-0.25, -0.2) is 4.98 Å². The van der Waals surface area contributed by atoms with Crippen LogP contribution in [0.4, 0.5) is 0 Å². The highest BCUT2D eigenvalue weighted by Crippen LogP contribution is 2.30. The van der Waals surface area contributed by atoms with Gasteiger partial charge in [0.2, 0.25) is 0 Å². The molecule has 0 saturated carbocycles. The number of aryl methyl sites for hydroxylation is 1. The van der Waals surface area contributed by atoms with Crippen molar-refractivity contribution >= 4 is 10.9 Å². The summed E-state index contributed by atoms with van der Waals surface area (Å²) in [5, 5.41) is 0.498. The van der Waals surface area contributed by atoms with Gasteiger partial charge in [-0.05, 0) is 19.4 Å². The van der Waals surface area contributed by atoms with Crippen LogP contribution >= 0.6 is 0 Å². The Labute approximate surface area is 154 Å². The van der Waals surface area contributed by atoms with Crippen LogP contribution in [-0.2, 0) is 4.74 Å². The average molecular weight is 363 g/mol. The highest BCUT2D eigenvalue weighted by atomic mass is 16.5. The molecule has 0 spiro atoms. The second-order valence-corrected chi connectivity index (χ2v) is 5.83. The van der Waals surface area contributed by atoms with Gasteiger partial charge in [0.25, 0.3) is 5.56 Å². The summed E-state index contributed by atoms with van der Waals surface area (Å²) >= 11 is 0. The SMILES string of the molecule is CC.COc1cc2c(=O)[nH]c(C)nc2cc1OCCCN1CCOCC1. The number of aromatic nitrogens is 2. The Morgan fingerprint density at radius 2 is 1.96 bits per heavy atom. The number of hydrogen-bond acceptors (Lipinski definition) is 6. The van der Waals surface area contributed by atoms with Crippen molar-refractivity contribution in [3.05, 3.63) is 28.3 Å². The van der Waals surface area contributed by atoms with Crippen LogP contribution in [0.1, 0.15) is 26.1 Å². The zero-order valence-electron chi connectivity index (χ0n) is 16.1. The van der Waals surface area contributed by atoms with E-state index in [2.05, 4.69) is 14.9 Å². The summed E-state index contributed by atoms with van der Waals surface area (Å²) in [6, 6.07) is 3.45. The van der Waals surface area contributed by atoms with Crippen molar-refractivity contribution < 1.29 is 14.2 Å². The van der Waals surface area contributed by atoms with Gasteiger partial charge in [-0.15, -0.1) is 0 Å². The lowest BCUT2D eigenvalue weighted by atomic mass is 10.2. The van der Waals surface area contributed by atoms with Crippen LogP contribution < -0.4 is 15.0 Å². The van der Waals surface area contributed by atoms with Gasteiger partial charge in [0.1, 0.15) is 5.82 Å². The Balaban J connectivity index is 0.00000117. The van der Waals surface area contributed by atoms with Crippen LogP contribution in [0, 0.1) is 6.92 Å². The van der Waals surface area contributed by atoms with E-state index in [0.717, 1.165) is 39.3 Å². The van der Waals surface area contributed by atoms with Crippen molar-refractivity contribution in [2.75, 3.05) is 46.6 Å². The zero-order valence-corrected chi connectivity index (χ0v) is 16.1. The largest absolute Gasteiger partial charge is 0.493 e. The smallest absolute Gasteiger partial charge is 0.258 e. The topological polar surface area (TPSA) is 76.7 Å². The monoisotopic (exact) mass is 363 g/mol. The molecule has 7 heteroatoms. The number of aromatic amines is 1. The first kappa shape index (κ1) is 20.2. The fourth-order valence-corrected chi connectivity index (χ4v) is 2.83. The van der Waals surface area contributed by atoms with Crippen molar-refractivity contribution in [2.45, 2.75) is 27.2 Å². The number of H-pyrrole nitrogens is 1. The fourth-order valence-electron chi connectivity index (χ4n) is 2.83. The molecule has 0 radical (unpaired) electrons. The summed E-state index contributed by atoms with van der Waals surface area (Å²) in [4.78, 5) is 21.4. The van der Waals surface area contributed by atoms with Crippen molar-refractivity contribution in [1.29, 1.82) is 0 Å². The molecule has 1 aromatic carbocycles. The molecular formula is C19H29N3O4. The van der Waals surface area contributed by atoms with Gasteiger partial charge in [-0.3, -0.25) is 9.69 Å². The van der Waals surface area contributed by atoms with E-state index in [9.17, 15) is 4.79 Å². The molecule has 7 nitrogen and oxygen atoms in total. The average Bonchev–Trinajstić information content (AvgIpc) is 2.67. The van der Waals surface area contributed by atoms with Gasteiger partial charge in [-0.1, -0.05) is 13.8 Å². The van der Waals surface area contributed by atoms with Crippen LogP contribution in [0.25, 0.3) is 10.9 Å². The maximum Gasteiger partial charge on any atom is 0.258 e. The number of rotatable bonds is 6. The molecule has 1 aromatic heterocycles. The second kappa shape index (κ2) is 10.1. The molecule has 1 fully saturated rings. The van der Waals surface area contributed by atoms with Gasteiger partial charge in [0.05, 0.1) is 37.8 Å². The minimum atomic E-state index is -0.172. The van der Waals surface area contributed by atoms with E-state index in [1.165, 1.54) is 0 Å². The fraction of sp³-hybridized carbons (Fsp3) is 0.579. The lowest BCUT2D eigenvalue weighted by molar-refractivity contribution is 0.0357. The van der Waals surface area contributed by atoms with Gasteiger partial charge < -0.3 is 19.2 Å². The standard InChI is InChI=1S/C17H23N3O4.C2H6/c1-12-18-14-11-16(15(22-2)10-13(14)17(21)19-12)24-7-3-4-20-5-8-23-9-6-20;1-2/h10-11H,3-9H2,1-2H3,(H,18,19,21);1-2H3. The van der Waals surface area contributed by atoms with Crippen molar-refractivity contribution in [3.8, 4) is 11.5 Å². The van der Waals surface area contributed by atoms with E-state index in [0.29, 0.717) is 34.8 Å². The molecule has 144 valence electrons. The van der Waals surface area contributed by atoms with Gasteiger partial charge in [0.15, 0.2) is 11.5 Å². The number of ether oxygens (including phenoxy) is 3. The van der Waals surface area contributed by atoms with Gasteiger partial charge in [0, 0.05) is 25.7 Å². The van der Waals surface area contributed by atoms with E-state index in [-0.39, 0.29) is 5.56 Å². The van der Waals surface area contributed by atoms with Crippen LogP contribution in [-0.4, -0.2) is 61.4 Å². The summed E-state index contributed by atoms with van der Waals surface area (Å²) in [6.45, 7) is 10.9. The van der Waals surface area contributed by atoms with E-state index in [1.807, 2.05) is 13.8 Å². The summed E-state index contributed by atoms with van der Waals surface area (Å²) < 4.78 is 16.6. The molecule has 2 heterocycles. The van der Waals surface area contributed by atoms with Gasteiger partial charge >= 0.3 is 0 Å². The molecule has 2 aromatic rings. The Morgan fingerprint density at radius 3 is 2.65 bits per heavy atom. The molecule has 0 aliphatic carbocycles. The van der Waals surface area contributed by atoms with E-state index in [4.69, 9.17) is 14.2 Å². The first-order chi connectivity index (χ1) is 12.7. The predicted molar refractivity (Wildman–Crippen MR) is 102 cm³/mol. The Kier molecular flexibility index (Phi) is 7.87. The molecule has 3 rings (SSSR count). The molecule has 1 aliphatic rings. The van der Waals surface area contributed by atoms with Crippen molar-refractivity contribution in [2.24, 2.45) is 0 Å². The quantitative estimate of drug-likeness (QED) is 0.794. The minimum Gasteiger partial charge on any atom is -0.493 e. The third-order valence-corrected chi connectivity index (χ3v) is 4.09. The highest BCUT2D eigenvalue weighted by Gasteiger charge is 2.12. The number of hydrogen-bond donors (Lipinski definition) is 1. The maximum absolute atomic E-state index is 12.0. The number of methoxy groups -OCH3 is 1. The van der Waals surface area contributed by atoms with Crippen molar-refractivity contribution in [3.63, 3.8) is 0 Å². The first-order valence-corrected chi connectivity index (χ1v) is 9.19. The molecule has 26 heavy (non-hydrogen) atoms. The molecule has 1 aliphatic heterocycles. The summed E-state index contributed by atoms with van der Waals surface area (Å²) in [5.74, 6) is 1.74. The van der Waals surface area contributed by atoms with E-state index >= 15 is 0 Å². The summed E-state index contributed by atoms with van der Waals surface area (Å²) in [6.07, 6.45) is 0.920. The molecule has 0 amide bonds. The first-order valence-electron chi connectivity index (χ1n) is 9.19. The highest BCUT2D eigenvalue weighted by molar-refractivity contribution is 5.81. The lowest BCUT2D eigenvalue weighted by Crippen LogP contribution is -2.37. The van der Waals surface area contributed by atoms with E-state index < -0.39 is 0 Å². The zero-order chi connectivity index (χ0) is 18.9. The van der Waals surface area contributed by atoms with E-state index in [1.54, 1.807) is 26.2 Å². The molecule has 1 N–H and O–H groups in total. The summed E-state index contributed by atoms with van der Waals surface area (Å²) in [7, 11) is 1.57. The molecular weight excluding hydrogens is 334 g/mol. The van der Waals surface area contributed by atoms with Crippen LogP contribution in [0.2, 0.25) is 0 Å². The Bertz CT molecular complexity index is 754. The number of benzene rings is 1. The van der Waals surface area contributed by atoms with Gasteiger partial charge in [-0.2, -0.15) is 0 Å². The number of morpholine rings is 1. The van der Waals surface area contributed by atoms with Crippen LogP contribution in [0.3, 0.4) is 0 Å². The normalized spacial score (nSPS) is 14.6. The number of nitrogens with zero attached hydrogens (tertiary/aromatic N) is 2. The second-order valence-electron chi connectivity index (χ2n) is 5.83. The number of nitrogens with one attached hydrogen (secondary N) is 1. The van der Waals surface area contributed by atoms with Crippen molar-refractivity contribution in [1.82, 2.24) is 14.9 Å². The predicted octanol–water partition coefficient (Wildman–Crippen LogP) is 2.37. The third kappa shape index (κ3) is 5.19. The molecule has 0 bridgehead atoms. The number of fused-ring (bicyclic) bond motifs is 1. The Morgan fingerprint density at radius 1 is 1.23 bits per heavy atom. The molecule has 0 atom stereocenters. The third-order valence-electron chi connectivity index (χ3n) is 4.09. The minimum absolute atomic E-state index is 0.172. The lowest BCUT2D eigenvalue weighted by Gasteiger charge is -2.26. The molecule has 1 saturated heterocycles. The summed E-state index contributed by atoms with van der Waals surface area (Å²) in [5.41, 5.74) is 0.440. The van der Waals surface area contributed by atoms with Crippen LogP contribution in [0.15, 0.2) is 16.9 Å². The Hall–Kier alpha value is -2.12. The van der Waals surface area contributed by atoms with Crippen LogP contribution in [0.5, 0.6) is 11.5 Å². The maximum atomic E-state index is 12.0. The molecule has 0 unspecified atom stereocenters.